The van der Waals surface area contributed by atoms with Crippen molar-refractivity contribution in [3.8, 4) is 0 Å². The number of carbonyl (C=O) groups is 2. The predicted octanol–water partition coefficient (Wildman–Crippen LogP) is 0.550. The highest BCUT2D eigenvalue weighted by Gasteiger charge is 2.18. The lowest BCUT2D eigenvalue weighted by molar-refractivity contribution is -0.137. The Labute approximate surface area is 120 Å². The van der Waals surface area contributed by atoms with Crippen LogP contribution in [0.5, 0.6) is 0 Å². The minimum atomic E-state index is -1.00. The van der Waals surface area contributed by atoms with Gasteiger partial charge in [0.25, 0.3) is 11.5 Å². The van der Waals surface area contributed by atoms with Gasteiger partial charge in [0, 0.05) is 26.0 Å². The van der Waals surface area contributed by atoms with E-state index in [0.29, 0.717) is 5.65 Å². The summed E-state index contributed by atoms with van der Waals surface area (Å²) in [6, 6.07) is 3.49. The molecule has 7 heteroatoms. The molecule has 0 aromatic carbocycles. The minimum absolute atomic E-state index is 0.0320. The smallest absolute Gasteiger partial charge is 0.305 e. The fraction of sp³-hybridized carbons (Fsp3) is 0.286. The third-order valence-corrected chi connectivity index (χ3v) is 3.10. The third kappa shape index (κ3) is 3.07. The van der Waals surface area contributed by atoms with Gasteiger partial charge in [-0.05, 0) is 24.6 Å². The molecule has 1 N–H and O–H groups in total. The number of hydrogen-bond acceptors (Lipinski definition) is 4. The lowest BCUT2D eigenvalue weighted by Gasteiger charge is -2.15. The van der Waals surface area contributed by atoms with Crippen LogP contribution in [0.25, 0.3) is 5.65 Å². The zero-order valence-corrected chi connectivity index (χ0v) is 11.7. The van der Waals surface area contributed by atoms with Crippen LogP contribution >= 0.6 is 0 Å². The Hall–Kier alpha value is -2.70. The van der Waals surface area contributed by atoms with Gasteiger partial charge in [0.05, 0.1) is 6.42 Å². The van der Waals surface area contributed by atoms with Gasteiger partial charge in [0.2, 0.25) is 0 Å². The van der Waals surface area contributed by atoms with Crippen molar-refractivity contribution in [2.45, 2.75) is 13.3 Å². The van der Waals surface area contributed by atoms with E-state index >= 15 is 0 Å². The van der Waals surface area contributed by atoms with E-state index in [1.165, 1.54) is 22.5 Å². The molecule has 0 saturated heterocycles. The number of aromatic nitrogens is 2. The summed E-state index contributed by atoms with van der Waals surface area (Å²) >= 11 is 0. The van der Waals surface area contributed by atoms with Crippen molar-refractivity contribution < 1.29 is 14.7 Å². The predicted molar refractivity (Wildman–Crippen MR) is 75.4 cm³/mol. The maximum absolute atomic E-state index is 12.3. The molecule has 7 nitrogen and oxygen atoms in total. The average Bonchev–Trinajstić information content (AvgIpc) is 2.44. The van der Waals surface area contributed by atoms with E-state index < -0.39 is 17.4 Å². The molecule has 0 unspecified atom stereocenters. The van der Waals surface area contributed by atoms with Crippen LogP contribution in [0.4, 0.5) is 0 Å². The van der Waals surface area contributed by atoms with Crippen molar-refractivity contribution in [3.05, 3.63) is 46.0 Å². The van der Waals surface area contributed by atoms with Crippen molar-refractivity contribution in [3.63, 3.8) is 0 Å². The van der Waals surface area contributed by atoms with Gasteiger partial charge in [-0.2, -0.15) is 0 Å². The summed E-state index contributed by atoms with van der Waals surface area (Å²) in [7, 11) is 1.45. The number of nitrogens with zero attached hydrogens (tertiary/aromatic N) is 3. The van der Waals surface area contributed by atoms with Crippen LogP contribution in [0.15, 0.2) is 29.3 Å². The molecule has 2 aromatic rings. The molecule has 0 fully saturated rings. The quantitative estimate of drug-likeness (QED) is 0.887. The van der Waals surface area contributed by atoms with Crippen LogP contribution in [-0.4, -0.2) is 44.9 Å². The molecule has 0 aliphatic heterocycles. The molecule has 2 rings (SSSR count). The van der Waals surface area contributed by atoms with E-state index in [9.17, 15) is 14.4 Å². The van der Waals surface area contributed by atoms with Gasteiger partial charge in [-0.1, -0.05) is 0 Å². The first-order valence-electron chi connectivity index (χ1n) is 6.35. The van der Waals surface area contributed by atoms with E-state index in [-0.39, 0.29) is 18.5 Å². The van der Waals surface area contributed by atoms with Gasteiger partial charge < -0.3 is 10.0 Å². The summed E-state index contributed by atoms with van der Waals surface area (Å²) in [4.78, 5) is 40.3. The second-order valence-corrected chi connectivity index (χ2v) is 4.78. The molecule has 2 heterocycles. The highest BCUT2D eigenvalue weighted by molar-refractivity contribution is 5.93. The Balaban J connectivity index is 2.36. The fourth-order valence-corrected chi connectivity index (χ4v) is 1.89. The van der Waals surface area contributed by atoms with Crippen molar-refractivity contribution in [1.82, 2.24) is 14.3 Å². The normalized spacial score (nSPS) is 10.6. The number of fused-ring (bicyclic) bond motifs is 1. The van der Waals surface area contributed by atoms with E-state index in [4.69, 9.17) is 5.11 Å². The van der Waals surface area contributed by atoms with Crippen LogP contribution in [0.2, 0.25) is 0 Å². The molecule has 0 bridgehead atoms. The van der Waals surface area contributed by atoms with Crippen molar-refractivity contribution >= 4 is 17.5 Å². The molecule has 21 heavy (non-hydrogen) atoms. The zero-order chi connectivity index (χ0) is 15.6. The summed E-state index contributed by atoms with van der Waals surface area (Å²) in [6.45, 7) is 1.91. The van der Waals surface area contributed by atoms with E-state index in [1.54, 1.807) is 18.3 Å². The van der Waals surface area contributed by atoms with Crippen LogP contribution in [0.1, 0.15) is 22.3 Å². The monoisotopic (exact) mass is 289 g/mol. The number of carboxylic acid groups (broad SMARTS) is 1. The molecule has 0 radical (unpaired) electrons. The molecule has 110 valence electrons. The van der Waals surface area contributed by atoms with E-state index in [2.05, 4.69) is 4.98 Å². The summed E-state index contributed by atoms with van der Waals surface area (Å²) in [5, 5.41) is 8.62. The molecule has 2 aromatic heterocycles. The van der Waals surface area contributed by atoms with Gasteiger partial charge in [0.1, 0.15) is 11.2 Å². The Morgan fingerprint density at radius 3 is 2.81 bits per heavy atom. The summed E-state index contributed by atoms with van der Waals surface area (Å²) in [5.74, 6) is -1.54. The van der Waals surface area contributed by atoms with Gasteiger partial charge in [-0.15, -0.1) is 0 Å². The number of pyridine rings is 1. The van der Waals surface area contributed by atoms with Gasteiger partial charge in [0.15, 0.2) is 0 Å². The van der Waals surface area contributed by atoms with Gasteiger partial charge >= 0.3 is 5.97 Å². The number of rotatable bonds is 4. The van der Waals surface area contributed by atoms with E-state index in [0.717, 1.165) is 5.56 Å². The van der Waals surface area contributed by atoms with Crippen molar-refractivity contribution in [2.24, 2.45) is 0 Å². The Morgan fingerprint density at radius 1 is 1.43 bits per heavy atom. The molecule has 0 aliphatic rings. The number of carboxylic acids is 1. The second kappa shape index (κ2) is 5.74. The van der Waals surface area contributed by atoms with Crippen LogP contribution in [-0.2, 0) is 4.79 Å². The van der Waals surface area contributed by atoms with Crippen molar-refractivity contribution in [1.29, 1.82) is 0 Å². The summed E-state index contributed by atoms with van der Waals surface area (Å²) in [5.41, 5.74) is 0.876. The summed E-state index contributed by atoms with van der Waals surface area (Å²) < 4.78 is 1.30. The SMILES string of the molecule is Cc1ccn2c(=O)c(C(=O)N(C)CCC(=O)O)cnc2c1. The zero-order valence-electron chi connectivity index (χ0n) is 11.7. The first-order valence-corrected chi connectivity index (χ1v) is 6.35. The fourth-order valence-electron chi connectivity index (χ4n) is 1.89. The van der Waals surface area contributed by atoms with E-state index in [1.807, 2.05) is 6.92 Å². The number of amides is 1. The Morgan fingerprint density at radius 2 is 2.14 bits per heavy atom. The topological polar surface area (TPSA) is 92.0 Å². The van der Waals surface area contributed by atoms with Gasteiger partial charge in [-0.25, -0.2) is 4.98 Å². The molecule has 0 spiro atoms. The first-order chi connectivity index (χ1) is 9.90. The largest absolute Gasteiger partial charge is 0.481 e. The Bertz CT molecular complexity index is 766. The number of aryl methyl sites for hydroxylation is 1. The highest BCUT2D eigenvalue weighted by atomic mass is 16.4. The standard InChI is InChI=1S/C14H15N3O4/c1-9-3-6-17-11(7-9)15-8-10(14(17)21)13(20)16(2)5-4-12(18)19/h3,6-8H,4-5H2,1-2H3,(H,18,19). The molecule has 0 aliphatic carbocycles. The Kier molecular flexibility index (Phi) is 4.02. The molecule has 0 atom stereocenters. The first kappa shape index (κ1) is 14.7. The van der Waals surface area contributed by atoms with Crippen LogP contribution < -0.4 is 5.56 Å². The summed E-state index contributed by atoms with van der Waals surface area (Å²) in [6.07, 6.45) is 2.62. The average molecular weight is 289 g/mol. The van der Waals surface area contributed by atoms with Crippen LogP contribution in [0.3, 0.4) is 0 Å². The maximum atomic E-state index is 12.3. The molecule has 1 amide bonds. The second-order valence-electron chi connectivity index (χ2n) is 4.78. The molecular weight excluding hydrogens is 274 g/mol. The number of aliphatic carboxylic acids is 1. The highest BCUT2D eigenvalue weighted by Crippen LogP contribution is 2.04. The van der Waals surface area contributed by atoms with Crippen LogP contribution in [0, 0.1) is 6.92 Å². The lowest BCUT2D eigenvalue weighted by atomic mass is 10.2. The molecule has 0 saturated carbocycles. The minimum Gasteiger partial charge on any atom is -0.481 e. The number of hydrogen-bond donors (Lipinski definition) is 1. The molecular formula is C14H15N3O4. The maximum Gasteiger partial charge on any atom is 0.305 e. The lowest BCUT2D eigenvalue weighted by Crippen LogP contribution is -2.34. The van der Waals surface area contributed by atoms with Gasteiger partial charge in [-0.3, -0.25) is 18.8 Å². The number of carbonyl (C=O) groups excluding carboxylic acids is 1. The third-order valence-electron chi connectivity index (χ3n) is 3.10. The van der Waals surface area contributed by atoms with Crippen molar-refractivity contribution in [2.75, 3.05) is 13.6 Å².